The second kappa shape index (κ2) is 3.71. The quantitative estimate of drug-likeness (QED) is 0.699. The molecule has 0 saturated heterocycles. The van der Waals surface area contributed by atoms with Gasteiger partial charge in [0.1, 0.15) is 0 Å². The van der Waals surface area contributed by atoms with Gasteiger partial charge in [0.25, 0.3) is 0 Å². The van der Waals surface area contributed by atoms with E-state index in [1.54, 1.807) is 0 Å². The van der Waals surface area contributed by atoms with Gasteiger partial charge in [-0.05, 0) is 43.5 Å². The molecule has 13 heavy (non-hydrogen) atoms. The van der Waals surface area contributed by atoms with Crippen molar-refractivity contribution in [3.8, 4) is 0 Å². The first-order chi connectivity index (χ1) is 6.06. The smallest absolute Gasteiger partial charge is 0.176 e. The van der Waals surface area contributed by atoms with Gasteiger partial charge in [-0.3, -0.25) is 4.79 Å². The van der Waals surface area contributed by atoms with Gasteiger partial charge in [0.05, 0.1) is 6.54 Å². The van der Waals surface area contributed by atoms with Crippen LogP contribution in [0.15, 0.2) is 12.1 Å². The maximum Gasteiger partial charge on any atom is 0.176 e. The molecule has 2 N–H and O–H groups in total. The lowest BCUT2D eigenvalue weighted by Gasteiger charge is -2.07. The number of ketones is 1. The number of benzene rings is 1. The van der Waals surface area contributed by atoms with E-state index in [4.69, 9.17) is 5.73 Å². The minimum absolute atomic E-state index is 0.0144. The average Bonchev–Trinajstić information content (AvgIpc) is 2.10. The lowest BCUT2D eigenvalue weighted by molar-refractivity contribution is 0.100. The lowest BCUT2D eigenvalue weighted by atomic mass is 9.98. The van der Waals surface area contributed by atoms with Crippen molar-refractivity contribution < 1.29 is 4.79 Å². The Morgan fingerprint density at radius 3 is 2.23 bits per heavy atom. The molecule has 0 atom stereocenters. The summed E-state index contributed by atoms with van der Waals surface area (Å²) >= 11 is 0. The van der Waals surface area contributed by atoms with Gasteiger partial charge in [0.15, 0.2) is 5.78 Å². The van der Waals surface area contributed by atoms with E-state index >= 15 is 0 Å². The number of rotatable bonds is 2. The fraction of sp³-hybridized carbons (Fsp3) is 0.364. The highest BCUT2D eigenvalue weighted by Gasteiger charge is 2.08. The molecular weight excluding hydrogens is 162 g/mol. The number of carbonyl (C=O) groups is 1. The highest BCUT2D eigenvalue weighted by molar-refractivity contribution is 5.99. The van der Waals surface area contributed by atoms with E-state index in [9.17, 15) is 4.79 Å². The van der Waals surface area contributed by atoms with Crippen molar-refractivity contribution in [3.63, 3.8) is 0 Å². The summed E-state index contributed by atoms with van der Waals surface area (Å²) in [7, 11) is 0. The van der Waals surface area contributed by atoms with Crippen molar-refractivity contribution in [2.24, 2.45) is 5.73 Å². The van der Waals surface area contributed by atoms with E-state index in [2.05, 4.69) is 0 Å². The molecule has 0 saturated carbocycles. The maximum atomic E-state index is 11.4. The Kier molecular flexibility index (Phi) is 2.83. The van der Waals surface area contributed by atoms with Crippen molar-refractivity contribution in [1.29, 1.82) is 0 Å². The molecule has 70 valence electrons. The monoisotopic (exact) mass is 177 g/mol. The zero-order chi connectivity index (χ0) is 10.0. The molecular formula is C11H15NO. The summed E-state index contributed by atoms with van der Waals surface area (Å²) < 4.78 is 0. The Morgan fingerprint density at radius 1 is 1.15 bits per heavy atom. The predicted octanol–water partition coefficient (Wildman–Crippen LogP) is 1.75. The van der Waals surface area contributed by atoms with E-state index in [0.717, 1.165) is 16.7 Å². The molecule has 2 heteroatoms. The fourth-order valence-electron chi connectivity index (χ4n) is 1.37. The van der Waals surface area contributed by atoms with Gasteiger partial charge in [0, 0.05) is 5.56 Å². The number of aryl methyl sites for hydroxylation is 3. The van der Waals surface area contributed by atoms with E-state index in [1.165, 1.54) is 5.56 Å². The van der Waals surface area contributed by atoms with E-state index < -0.39 is 0 Å². The molecule has 0 heterocycles. The summed E-state index contributed by atoms with van der Waals surface area (Å²) in [6, 6.07) is 3.94. The predicted molar refractivity (Wildman–Crippen MR) is 54.0 cm³/mol. The van der Waals surface area contributed by atoms with Crippen LogP contribution in [-0.4, -0.2) is 12.3 Å². The summed E-state index contributed by atoms with van der Waals surface area (Å²) in [5, 5.41) is 0. The van der Waals surface area contributed by atoms with Gasteiger partial charge in [-0.25, -0.2) is 0 Å². The van der Waals surface area contributed by atoms with Gasteiger partial charge in [-0.1, -0.05) is 6.07 Å². The zero-order valence-corrected chi connectivity index (χ0v) is 8.35. The highest BCUT2D eigenvalue weighted by Crippen LogP contribution is 2.15. The van der Waals surface area contributed by atoms with Crippen LogP contribution in [0.2, 0.25) is 0 Å². The third-order valence-electron chi connectivity index (χ3n) is 2.33. The van der Waals surface area contributed by atoms with Crippen molar-refractivity contribution in [2.75, 3.05) is 6.54 Å². The number of hydrogen-bond acceptors (Lipinski definition) is 2. The second-order valence-electron chi connectivity index (χ2n) is 3.38. The van der Waals surface area contributed by atoms with Crippen LogP contribution in [0.25, 0.3) is 0 Å². The average molecular weight is 177 g/mol. The summed E-state index contributed by atoms with van der Waals surface area (Å²) in [4.78, 5) is 11.4. The Bertz CT molecular complexity index is 342. The minimum Gasteiger partial charge on any atom is -0.324 e. The van der Waals surface area contributed by atoms with Crippen LogP contribution in [0, 0.1) is 20.8 Å². The van der Waals surface area contributed by atoms with E-state index in [1.807, 2.05) is 32.9 Å². The van der Waals surface area contributed by atoms with Gasteiger partial charge in [-0.15, -0.1) is 0 Å². The largest absolute Gasteiger partial charge is 0.324 e. The number of nitrogens with two attached hydrogens (primary N) is 1. The van der Waals surface area contributed by atoms with Crippen LogP contribution >= 0.6 is 0 Å². The molecule has 0 unspecified atom stereocenters. The van der Waals surface area contributed by atoms with Crippen LogP contribution in [-0.2, 0) is 0 Å². The maximum absolute atomic E-state index is 11.4. The molecule has 0 aliphatic carbocycles. The van der Waals surface area contributed by atoms with E-state index in [0.29, 0.717) is 0 Å². The molecule has 0 spiro atoms. The first-order valence-electron chi connectivity index (χ1n) is 4.37. The van der Waals surface area contributed by atoms with Crippen molar-refractivity contribution in [1.82, 2.24) is 0 Å². The van der Waals surface area contributed by atoms with Crippen LogP contribution in [0.4, 0.5) is 0 Å². The Labute approximate surface area is 78.8 Å². The Balaban J connectivity index is 3.23. The van der Waals surface area contributed by atoms with Gasteiger partial charge in [0.2, 0.25) is 0 Å². The standard InChI is InChI=1S/C11H15NO/c1-7-4-9(3)10(5-8(7)2)11(13)6-12/h4-5H,6,12H2,1-3H3. The molecule has 1 rings (SSSR count). The highest BCUT2D eigenvalue weighted by atomic mass is 16.1. The van der Waals surface area contributed by atoms with Crippen molar-refractivity contribution in [3.05, 3.63) is 34.4 Å². The fourth-order valence-corrected chi connectivity index (χ4v) is 1.37. The molecule has 0 aliphatic heterocycles. The molecule has 0 radical (unpaired) electrons. The molecule has 0 fully saturated rings. The van der Waals surface area contributed by atoms with Crippen LogP contribution < -0.4 is 5.73 Å². The first-order valence-corrected chi connectivity index (χ1v) is 4.37. The van der Waals surface area contributed by atoms with Gasteiger partial charge >= 0.3 is 0 Å². The van der Waals surface area contributed by atoms with Crippen LogP contribution in [0.1, 0.15) is 27.0 Å². The molecule has 0 bridgehead atoms. The van der Waals surface area contributed by atoms with Crippen LogP contribution in [0.5, 0.6) is 0 Å². The summed E-state index contributed by atoms with van der Waals surface area (Å²) in [6.45, 7) is 6.07. The molecule has 0 aliphatic rings. The second-order valence-corrected chi connectivity index (χ2v) is 3.38. The normalized spacial score (nSPS) is 10.2. The number of carbonyl (C=O) groups excluding carboxylic acids is 1. The molecule has 2 nitrogen and oxygen atoms in total. The summed E-state index contributed by atoms with van der Waals surface area (Å²) in [5.41, 5.74) is 9.43. The Hall–Kier alpha value is -1.15. The molecule has 0 amide bonds. The topological polar surface area (TPSA) is 43.1 Å². The minimum atomic E-state index is 0.0144. The van der Waals surface area contributed by atoms with Crippen LogP contribution in [0.3, 0.4) is 0 Å². The molecule has 0 aromatic heterocycles. The third-order valence-corrected chi connectivity index (χ3v) is 2.33. The first kappa shape index (κ1) is 9.93. The SMILES string of the molecule is Cc1cc(C)c(C(=O)CN)cc1C. The van der Waals surface area contributed by atoms with E-state index in [-0.39, 0.29) is 12.3 Å². The van der Waals surface area contributed by atoms with Crippen molar-refractivity contribution >= 4 is 5.78 Å². The third kappa shape index (κ3) is 1.95. The lowest BCUT2D eigenvalue weighted by Crippen LogP contribution is -2.15. The number of Topliss-reactive ketones (excluding diaryl/α,β-unsaturated/α-hetero) is 1. The molecule has 1 aromatic rings. The zero-order valence-electron chi connectivity index (χ0n) is 8.35. The Morgan fingerprint density at radius 2 is 1.69 bits per heavy atom. The summed E-state index contributed by atoms with van der Waals surface area (Å²) in [6.07, 6.45) is 0. The number of hydrogen-bond donors (Lipinski definition) is 1. The van der Waals surface area contributed by atoms with Gasteiger partial charge in [-0.2, -0.15) is 0 Å². The molecule has 1 aromatic carbocycles. The van der Waals surface area contributed by atoms with Crippen molar-refractivity contribution in [2.45, 2.75) is 20.8 Å². The summed E-state index contributed by atoms with van der Waals surface area (Å²) in [5.74, 6) is 0.0144. The van der Waals surface area contributed by atoms with Gasteiger partial charge < -0.3 is 5.73 Å².